The molecule has 196 valence electrons. The first-order chi connectivity index (χ1) is 17.6. The van der Waals surface area contributed by atoms with Crippen LogP contribution >= 0.6 is 0 Å². The molecule has 3 aromatic rings. The maximum absolute atomic E-state index is 15.1. The average molecular weight is 520 g/mol. The number of hydrogen-bond acceptors (Lipinski definition) is 7. The summed E-state index contributed by atoms with van der Waals surface area (Å²) in [6.45, 7) is 2.85. The first kappa shape index (κ1) is 25.1. The molecular weight excluding hydrogens is 494 g/mol. The summed E-state index contributed by atoms with van der Waals surface area (Å²) in [5, 5.41) is 1.05. The van der Waals surface area contributed by atoms with Crippen LogP contribution in [-0.2, 0) is 13.0 Å². The number of aromatic amines is 1. The van der Waals surface area contributed by atoms with Crippen LogP contribution in [0.4, 0.5) is 23.2 Å². The van der Waals surface area contributed by atoms with Crippen LogP contribution in [0.15, 0.2) is 29.1 Å². The molecule has 1 amide bonds. The van der Waals surface area contributed by atoms with E-state index in [1.54, 1.807) is 24.0 Å². The zero-order chi connectivity index (χ0) is 26.3. The number of pyridine rings is 1. The summed E-state index contributed by atoms with van der Waals surface area (Å²) in [5.74, 6) is -4.95. The largest absolute Gasteiger partial charge is 0.365 e. The SMILES string of the molecule is CCc1nc2ccc(CN3CCN(c4ccc(C(=O)NN5CC(F)(F)C5)nc4F)CC3)c(F)c2[nH]c1=O. The molecule has 0 spiro atoms. The molecule has 5 rings (SSSR count). The van der Waals surface area contributed by atoms with Crippen molar-refractivity contribution in [2.45, 2.75) is 25.8 Å². The number of hydrazine groups is 1. The zero-order valence-corrected chi connectivity index (χ0v) is 20.0. The van der Waals surface area contributed by atoms with Gasteiger partial charge in [-0.25, -0.2) is 28.1 Å². The number of carbonyl (C=O) groups is 1. The summed E-state index contributed by atoms with van der Waals surface area (Å²) in [6.07, 6.45) is 0.449. The number of nitrogens with one attached hydrogen (secondary N) is 2. The van der Waals surface area contributed by atoms with Gasteiger partial charge in [0.15, 0.2) is 5.82 Å². The third kappa shape index (κ3) is 5.14. The Morgan fingerprint density at radius 2 is 1.81 bits per heavy atom. The van der Waals surface area contributed by atoms with E-state index in [1.807, 2.05) is 4.90 Å². The minimum atomic E-state index is -2.84. The molecular formula is C24H25F4N7O2. The van der Waals surface area contributed by atoms with Gasteiger partial charge in [0.1, 0.15) is 16.9 Å². The highest BCUT2D eigenvalue weighted by Gasteiger charge is 2.44. The lowest BCUT2D eigenvalue weighted by atomic mass is 10.1. The molecule has 1 aromatic carbocycles. The fourth-order valence-corrected chi connectivity index (χ4v) is 4.53. The lowest BCUT2D eigenvalue weighted by Crippen LogP contribution is -2.62. The number of benzene rings is 1. The van der Waals surface area contributed by atoms with Gasteiger partial charge in [-0.15, -0.1) is 0 Å². The van der Waals surface area contributed by atoms with E-state index in [4.69, 9.17) is 0 Å². The normalized spacial score (nSPS) is 18.1. The second-order valence-corrected chi connectivity index (χ2v) is 9.22. The number of piperazine rings is 1. The predicted octanol–water partition coefficient (Wildman–Crippen LogP) is 2.08. The van der Waals surface area contributed by atoms with Crippen molar-refractivity contribution >= 4 is 22.6 Å². The van der Waals surface area contributed by atoms with Gasteiger partial charge in [-0.3, -0.25) is 19.9 Å². The van der Waals surface area contributed by atoms with E-state index in [0.717, 1.165) is 5.01 Å². The van der Waals surface area contributed by atoms with Gasteiger partial charge in [0.25, 0.3) is 17.4 Å². The smallest absolute Gasteiger partial charge is 0.284 e. The molecule has 37 heavy (non-hydrogen) atoms. The van der Waals surface area contributed by atoms with Gasteiger partial charge < -0.3 is 9.88 Å². The summed E-state index contributed by atoms with van der Waals surface area (Å²) >= 11 is 0. The van der Waals surface area contributed by atoms with Crippen molar-refractivity contribution < 1.29 is 22.4 Å². The summed E-state index contributed by atoms with van der Waals surface area (Å²) in [4.78, 5) is 38.6. The van der Waals surface area contributed by atoms with E-state index < -0.39 is 42.2 Å². The number of aryl methyl sites for hydroxylation is 1. The summed E-state index contributed by atoms with van der Waals surface area (Å²) in [5.41, 5.74) is 3.14. The highest BCUT2D eigenvalue weighted by atomic mass is 19.3. The molecule has 9 nitrogen and oxygen atoms in total. The fraction of sp³-hybridized carbons (Fsp3) is 0.417. The van der Waals surface area contributed by atoms with E-state index in [1.165, 1.54) is 12.1 Å². The Balaban J connectivity index is 1.20. The Hall–Kier alpha value is -3.58. The third-order valence-corrected chi connectivity index (χ3v) is 6.56. The van der Waals surface area contributed by atoms with Crippen LogP contribution in [0.25, 0.3) is 11.0 Å². The Labute approximate surface area is 209 Å². The molecule has 4 heterocycles. The van der Waals surface area contributed by atoms with Crippen LogP contribution in [0, 0.1) is 11.8 Å². The zero-order valence-electron chi connectivity index (χ0n) is 20.0. The first-order valence-electron chi connectivity index (χ1n) is 11.9. The molecule has 2 aliphatic rings. The molecule has 2 fully saturated rings. The number of H-pyrrole nitrogens is 1. The molecule has 2 aromatic heterocycles. The van der Waals surface area contributed by atoms with Crippen molar-refractivity contribution in [2.24, 2.45) is 0 Å². The summed E-state index contributed by atoms with van der Waals surface area (Å²) in [6, 6.07) is 6.13. The number of anilines is 1. The van der Waals surface area contributed by atoms with Crippen molar-refractivity contribution in [1.29, 1.82) is 0 Å². The van der Waals surface area contributed by atoms with Crippen molar-refractivity contribution in [3.63, 3.8) is 0 Å². The van der Waals surface area contributed by atoms with Crippen LogP contribution in [0.3, 0.4) is 0 Å². The fourth-order valence-electron chi connectivity index (χ4n) is 4.53. The Morgan fingerprint density at radius 1 is 1.08 bits per heavy atom. The van der Waals surface area contributed by atoms with Crippen LogP contribution < -0.4 is 15.9 Å². The number of rotatable bonds is 6. The van der Waals surface area contributed by atoms with E-state index in [2.05, 4.69) is 20.4 Å². The molecule has 0 atom stereocenters. The van der Waals surface area contributed by atoms with Gasteiger partial charge in [0.2, 0.25) is 5.95 Å². The number of alkyl halides is 2. The van der Waals surface area contributed by atoms with Crippen molar-refractivity contribution in [2.75, 3.05) is 44.2 Å². The summed E-state index contributed by atoms with van der Waals surface area (Å²) < 4.78 is 55.7. The number of hydrogen-bond donors (Lipinski definition) is 2. The molecule has 2 saturated heterocycles. The Kier molecular flexibility index (Phi) is 6.58. The number of halogens is 4. The predicted molar refractivity (Wildman–Crippen MR) is 127 cm³/mol. The lowest BCUT2D eigenvalue weighted by molar-refractivity contribution is -0.144. The average Bonchev–Trinajstić information content (AvgIpc) is 2.85. The van der Waals surface area contributed by atoms with Crippen LogP contribution in [0.2, 0.25) is 0 Å². The molecule has 2 aliphatic heterocycles. The first-order valence-corrected chi connectivity index (χ1v) is 11.9. The molecule has 2 N–H and O–H groups in total. The van der Waals surface area contributed by atoms with Crippen LogP contribution in [-0.4, -0.2) is 76.0 Å². The molecule has 0 bridgehead atoms. The van der Waals surface area contributed by atoms with Crippen molar-refractivity contribution in [3.05, 3.63) is 63.3 Å². The lowest BCUT2D eigenvalue weighted by Gasteiger charge is -2.38. The molecule has 0 aliphatic carbocycles. The second-order valence-electron chi connectivity index (χ2n) is 9.22. The van der Waals surface area contributed by atoms with E-state index in [0.29, 0.717) is 55.9 Å². The van der Waals surface area contributed by atoms with E-state index in [-0.39, 0.29) is 16.9 Å². The molecule has 0 saturated carbocycles. The van der Waals surface area contributed by atoms with Crippen LogP contribution in [0.1, 0.15) is 28.7 Å². The number of amides is 1. The number of fused-ring (bicyclic) bond motifs is 1. The van der Waals surface area contributed by atoms with Gasteiger partial charge in [0, 0.05) is 38.3 Å². The third-order valence-electron chi connectivity index (χ3n) is 6.56. The number of carbonyl (C=O) groups excluding carboxylic acids is 1. The van der Waals surface area contributed by atoms with Gasteiger partial charge in [-0.05, 0) is 24.6 Å². The maximum atomic E-state index is 15.1. The molecule has 0 radical (unpaired) electrons. The van der Waals surface area contributed by atoms with E-state index in [9.17, 15) is 22.8 Å². The van der Waals surface area contributed by atoms with Gasteiger partial charge in [-0.1, -0.05) is 13.0 Å². The highest BCUT2D eigenvalue weighted by molar-refractivity contribution is 5.92. The monoisotopic (exact) mass is 519 g/mol. The van der Waals surface area contributed by atoms with Crippen LogP contribution in [0.5, 0.6) is 0 Å². The minimum absolute atomic E-state index is 0.0819. The highest BCUT2D eigenvalue weighted by Crippen LogP contribution is 2.25. The standard InChI is InChI=1S/C24H25F4N7O2/c1-2-15-22(36)31-20-16(29-15)4-3-14(19(20)25)11-33-7-9-34(10-8-33)18-6-5-17(30-21(18)26)23(37)32-35-12-24(27,28)13-35/h3-6H,2,7-13H2,1H3,(H,31,36)(H,32,37). The Morgan fingerprint density at radius 3 is 2.46 bits per heavy atom. The number of nitrogens with zero attached hydrogens (tertiary/aromatic N) is 5. The summed E-state index contributed by atoms with van der Waals surface area (Å²) in [7, 11) is 0. The Bertz CT molecular complexity index is 1400. The topological polar surface area (TPSA) is 97.5 Å². The minimum Gasteiger partial charge on any atom is -0.365 e. The van der Waals surface area contributed by atoms with Gasteiger partial charge >= 0.3 is 0 Å². The quantitative estimate of drug-likeness (QED) is 0.380. The molecule has 13 heteroatoms. The number of aromatic nitrogens is 3. The van der Waals surface area contributed by atoms with Crippen molar-refractivity contribution in [1.82, 2.24) is 30.3 Å². The van der Waals surface area contributed by atoms with Crippen molar-refractivity contribution in [3.8, 4) is 0 Å². The van der Waals surface area contributed by atoms with E-state index >= 15 is 4.39 Å². The van der Waals surface area contributed by atoms with Gasteiger partial charge in [-0.2, -0.15) is 4.39 Å². The second kappa shape index (κ2) is 9.71. The maximum Gasteiger partial charge on any atom is 0.284 e. The molecule has 0 unspecified atom stereocenters. The van der Waals surface area contributed by atoms with Gasteiger partial charge in [0.05, 0.1) is 24.3 Å².